The first kappa shape index (κ1) is 15.4. The zero-order valence-electron chi connectivity index (χ0n) is 14.7. The van der Waals surface area contributed by atoms with E-state index in [0.29, 0.717) is 16.7 Å². The lowest BCUT2D eigenvalue weighted by Gasteiger charge is -2.30. The van der Waals surface area contributed by atoms with Gasteiger partial charge in [-0.05, 0) is 37.6 Å². The van der Waals surface area contributed by atoms with Gasteiger partial charge in [0.2, 0.25) is 0 Å². The van der Waals surface area contributed by atoms with Crippen LogP contribution < -0.4 is 5.43 Å². The van der Waals surface area contributed by atoms with Crippen molar-refractivity contribution in [2.75, 3.05) is 0 Å². The molecule has 0 N–H and O–H groups in total. The Kier molecular flexibility index (Phi) is 3.31. The topological polar surface area (TPSA) is 44.4 Å². The highest BCUT2D eigenvalue weighted by Crippen LogP contribution is 2.39. The highest BCUT2D eigenvalue weighted by Gasteiger charge is 2.32. The first-order chi connectivity index (χ1) is 12.6. The van der Waals surface area contributed by atoms with E-state index in [0.717, 1.165) is 12.2 Å². The van der Waals surface area contributed by atoms with Crippen LogP contribution >= 0.6 is 0 Å². The molecule has 5 rings (SSSR count). The highest BCUT2D eigenvalue weighted by atomic mass is 16.5. The first-order valence-corrected chi connectivity index (χ1v) is 8.89. The van der Waals surface area contributed by atoms with Gasteiger partial charge in [-0.3, -0.25) is 4.79 Å². The molecule has 0 unspecified atom stereocenters. The number of ether oxygens (including phenoxy) is 1. The molecule has 0 spiro atoms. The van der Waals surface area contributed by atoms with Crippen molar-refractivity contribution in [3.05, 3.63) is 81.8 Å². The van der Waals surface area contributed by atoms with Gasteiger partial charge in [0.05, 0.1) is 17.2 Å². The Hall–Kier alpha value is -2.85. The maximum atomic E-state index is 12.6. The summed E-state index contributed by atoms with van der Waals surface area (Å²) in [7, 11) is 0. The number of hydrogen-bond donors (Lipinski definition) is 0. The Labute approximate surface area is 150 Å². The molecule has 0 saturated carbocycles. The Morgan fingerprint density at radius 2 is 1.77 bits per heavy atom. The number of aryl methyl sites for hydroxylation is 1. The van der Waals surface area contributed by atoms with E-state index in [1.54, 1.807) is 12.1 Å². The molecule has 0 bridgehead atoms. The number of rotatable bonds is 1. The minimum absolute atomic E-state index is 0.0273. The van der Waals surface area contributed by atoms with E-state index in [4.69, 9.17) is 9.15 Å². The lowest BCUT2D eigenvalue weighted by atomic mass is 10.1. The van der Waals surface area contributed by atoms with Gasteiger partial charge >= 0.3 is 0 Å². The third-order valence-corrected chi connectivity index (χ3v) is 5.24. The van der Waals surface area contributed by atoms with Crippen LogP contribution in [0.15, 0.2) is 63.8 Å². The van der Waals surface area contributed by atoms with E-state index < -0.39 is 0 Å². The van der Waals surface area contributed by atoms with E-state index in [1.807, 2.05) is 18.2 Å². The van der Waals surface area contributed by atoms with Crippen LogP contribution in [0, 0.1) is 6.92 Å². The molecule has 0 radical (unpaired) electrons. The molecule has 4 nitrogen and oxygen atoms in total. The first-order valence-electron chi connectivity index (χ1n) is 8.89. The predicted octanol–water partition coefficient (Wildman–Crippen LogP) is 4.56. The summed E-state index contributed by atoms with van der Waals surface area (Å²) in [6, 6.07) is 17.3. The normalized spacial score (nSPS) is 19.8. The molecule has 0 aliphatic carbocycles. The van der Waals surface area contributed by atoms with Gasteiger partial charge in [0, 0.05) is 23.5 Å². The zero-order chi connectivity index (χ0) is 17.8. The van der Waals surface area contributed by atoms with Gasteiger partial charge in [0.15, 0.2) is 11.5 Å². The fraction of sp³-hybridized carbons (Fsp3) is 0.227. The third-order valence-electron chi connectivity index (χ3n) is 5.24. The van der Waals surface area contributed by atoms with Crippen molar-refractivity contribution in [1.29, 1.82) is 0 Å². The van der Waals surface area contributed by atoms with Crippen molar-refractivity contribution in [3.63, 3.8) is 0 Å². The third kappa shape index (κ3) is 2.15. The quantitative estimate of drug-likeness (QED) is 0.508. The maximum absolute atomic E-state index is 12.6. The number of hydrogen-bond acceptors (Lipinski definition) is 3. The minimum Gasteiger partial charge on any atom is -0.458 e. The van der Waals surface area contributed by atoms with Crippen LogP contribution in [-0.2, 0) is 11.3 Å². The van der Waals surface area contributed by atoms with Crippen molar-refractivity contribution in [2.45, 2.75) is 32.6 Å². The molecule has 2 aromatic heterocycles. The Bertz CT molecular complexity index is 1200. The Morgan fingerprint density at radius 3 is 2.62 bits per heavy atom. The van der Waals surface area contributed by atoms with Crippen LogP contribution in [0.1, 0.15) is 30.0 Å². The second-order valence-electron chi connectivity index (χ2n) is 6.97. The van der Waals surface area contributed by atoms with Gasteiger partial charge in [0.25, 0.3) is 0 Å². The van der Waals surface area contributed by atoms with Gasteiger partial charge in [-0.15, -0.1) is 0 Å². The van der Waals surface area contributed by atoms with E-state index in [9.17, 15) is 4.79 Å². The molecule has 26 heavy (non-hydrogen) atoms. The summed E-state index contributed by atoms with van der Waals surface area (Å²) < 4.78 is 14.7. The zero-order valence-corrected chi connectivity index (χ0v) is 14.7. The standard InChI is InChI=1S/C22H19NO3/c1-13-12-23-17-9-5-3-7-15(17)14(2)21(23)22(25-13)20-11-18(24)16-8-4-6-10-19(16)26-20/h3-11,13,22H,12H2,1-2H3/t13-,22-/m0/s1. The summed E-state index contributed by atoms with van der Waals surface area (Å²) in [4.78, 5) is 12.6. The second-order valence-corrected chi connectivity index (χ2v) is 6.97. The van der Waals surface area contributed by atoms with Gasteiger partial charge in [-0.1, -0.05) is 30.3 Å². The van der Waals surface area contributed by atoms with E-state index >= 15 is 0 Å². The summed E-state index contributed by atoms with van der Waals surface area (Å²) in [5.74, 6) is 0.562. The van der Waals surface area contributed by atoms with Crippen LogP contribution in [0.25, 0.3) is 21.9 Å². The van der Waals surface area contributed by atoms with Gasteiger partial charge in [-0.2, -0.15) is 0 Å². The Balaban J connectivity index is 1.78. The molecule has 4 aromatic rings. The predicted molar refractivity (Wildman–Crippen MR) is 102 cm³/mol. The monoisotopic (exact) mass is 345 g/mol. The van der Waals surface area contributed by atoms with Crippen molar-refractivity contribution < 1.29 is 9.15 Å². The van der Waals surface area contributed by atoms with Crippen LogP contribution in [0.2, 0.25) is 0 Å². The molecule has 130 valence electrons. The number of nitrogens with zero attached hydrogens (tertiary/aromatic N) is 1. The van der Waals surface area contributed by atoms with Crippen molar-refractivity contribution in [3.8, 4) is 0 Å². The fourth-order valence-electron chi connectivity index (χ4n) is 4.08. The van der Waals surface area contributed by atoms with Gasteiger partial charge in [0.1, 0.15) is 11.3 Å². The fourth-order valence-corrected chi connectivity index (χ4v) is 4.08. The van der Waals surface area contributed by atoms with Crippen LogP contribution in [-0.4, -0.2) is 10.7 Å². The molecular formula is C22H19NO3. The molecule has 1 aliphatic rings. The molecule has 4 heteroatoms. The van der Waals surface area contributed by atoms with Crippen LogP contribution in [0.4, 0.5) is 0 Å². The molecular weight excluding hydrogens is 326 g/mol. The van der Waals surface area contributed by atoms with Crippen molar-refractivity contribution in [1.82, 2.24) is 4.57 Å². The number of fused-ring (bicyclic) bond motifs is 4. The SMILES string of the molecule is Cc1c2n(c3ccccc13)C[C@H](C)O[C@H]2c1cc(=O)c2ccccc2o1. The molecule has 3 heterocycles. The molecule has 2 atom stereocenters. The van der Waals surface area contributed by atoms with Crippen molar-refractivity contribution in [2.24, 2.45) is 0 Å². The molecule has 0 fully saturated rings. The van der Waals surface area contributed by atoms with Gasteiger partial charge < -0.3 is 13.7 Å². The number of benzene rings is 2. The van der Waals surface area contributed by atoms with E-state index in [-0.39, 0.29) is 17.6 Å². The highest BCUT2D eigenvalue weighted by molar-refractivity contribution is 5.86. The summed E-state index contributed by atoms with van der Waals surface area (Å²) >= 11 is 0. The average molecular weight is 345 g/mol. The summed E-state index contributed by atoms with van der Waals surface area (Å²) in [5.41, 5.74) is 4.00. The van der Waals surface area contributed by atoms with E-state index in [2.05, 4.69) is 42.7 Å². The van der Waals surface area contributed by atoms with E-state index in [1.165, 1.54) is 16.5 Å². The van der Waals surface area contributed by atoms with Crippen molar-refractivity contribution >= 4 is 21.9 Å². The maximum Gasteiger partial charge on any atom is 0.193 e. The molecule has 1 aliphatic heterocycles. The minimum atomic E-state index is -0.386. The van der Waals surface area contributed by atoms with Gasteiger partial charge in [-0.25, -0.2) is 0 Å². The molecule has 0 saturated heterocycles. The average Bonchev–Trinajstić information content (AvgIpc) is 2.94. The Morgan fingerprint density at radius 1 is 1.04 bits per heavy atom. The summed E-state index contributed by atoms with van der Waals surface area (Å²) in [6.45, 7) is 4.96. The second kappa shape index (κ2) is 5.58. The molecule has 0 amide bonds. The summed E-state index contributed by atoms with van der Waals surface area (Å²) in [5, 5.41) is 1.81. The lowest BCUT2D eigenvalue weighted by Crippen LogP contribution is -2.29. The number of aromatic nitrogens is 1. The summed E-state index contributed by atoms with van der Waals surface area (Å²) in [6.07, 6.45) is -0.358. The lowest BCUT2D eigenvalue weighted by molar-refractivity contribution is -0.0242. The van der Waals surface area contributed by atoms with Crippen LogP contribution in [0.5, 0.6) is 0 Å². The molecule has 2 aromatic carbocycles. The number of para-hydroxylation sites is 2. The smallest absolute Gasteiger partial charge is 0.193 e. The van der Waals surface area contributed by atoms with Crippen LogP contribution in [0.3, 0.4) is 0 Å². The largest absolute Gasteiger partial charge is 0.458 e.